The molecule has 0 saturated heterocycles. The minimum absolute atomic E-state index is 0.522. The Hall–Kier alpha value is -3.12. The molecule has 0 aliphatic rings. The average Bonchev–Trinajstić information content (AvgIpc) is 2.75. The van der Waals surface area contributed by atoms with Crippen molar-refractivity contribution < 1.29 is 9.47 Å². The number of benzene rings is 2. The molecule has 0 bridgehead atoms. The highest BCUT2D eigenvalue weighted by atomic mass is 16.5. The molecule has 6 nitrogen and oxygen atoms in total. The monoisotopic (exact) mass is 392 g/mol. The zero-order valence-corrected chi connectivity index (χ0v) is 17.2. The number of fused-ring (bicyclic) bond motifs is 1. The Kier molecular flexibility index (Phi) is 7.41. The summed E-state index contributed by atoms with van der Waals surface area (Å²) >= 11 is 0. The van der Waals surface area contributed by atoms with Crippen LogP contribution >= 0.6 is 0 Å². The van der Waals surface area contributed by atoms with E-state index < -0.39 is 0 Å². The molecule has 2 aromatic carbocycles. The predicted octanol–water partition coefficient (Wildman–Crippen LogP) is 3.43. The number of methoxy groups -OCH3 is 1. The van der Waals surface area contributed by atoms with Crippen molar-refractivity contribution in [3.05, 3.63) is 71.4 Å². The van der Waals surface area contributed by atoms with E-state index in [1.165, 1.54) is 0 Å². The molecule has 0 saturated carbocycles. The number of aliphatic imine (C=N–C) groups is 1. The van der Waals surface area contributed by atoms with Gasteiger partial charge in [-0.25, -0.2) is 0 Å². The van der Waals surface area contributed by atoms with Gasteiger partial charge in [0.1, 0.15) is 12.4 Å². The number of aromatic nitrogens is 1. The van der Waals surface area contributed by atoms with Crippen LogP contribution in [-0.4, -0.2) is 38.3 Å². The second-order valence-corrected chi connectivity index (χ2v) is 6.72. The van der Waals surface area contributed by atoms with E-state index >= 15 is 0 Å². The van der Waals surface area contributed by atoms with Crippen molar-refractivity contribution in [3.63, 3.8) is 0 Å². The van der Waals surface area contributed by atoms with Gasteiger partial charge >= 0.3 is 0 Å². The van der Waals surface area contributed by atoms with E-state index in [4.69, 9.17) is 9.47 Å². The van der Waals surface area contributed by atoms with E-state index in [0.717, 1.165) is 39.3 Å². The summed E-state index contributed by atoms with van der Waals surface area (Å²) in [5.41, 5.74) is 4.36. The van der Waals surface area contributed by atoms with Crippen LogP contribution in [0.25, 0.3) is 10.9 Å². The van der Waals surface area contributed by atoms with E-state index in [1.54, 1.807) is 14.2 Å². The van der Waals surface area contributed by atoms with Crippen LogP contribution in [0.2, 0.25) is 0 Å². The summed E-state index contributed by atoms with van der Waals surface area (Å²) in [6, 6.07) is 16.4. The quantitative estimate of drug-likeness (QED) is 0.349. The summed E-state index contributed by atoms with van der Waals surface area (Å²) in [5.74, 6) is 1.59. The first kappa shape index (κ1) is 20.6. The van der Waals surface area contributed by atoms with Gasteiger partial charge in [-0.15, -0.1) is 0 Å². The molecule has 1 heterocycles. The molecule has 0 atom stereocenters. The molecular formula is C23H28N4O2. The van der Waals surface area contributed by atoms with Crippen molar-refractivity contribution in [2.24, 2.45) is 4.99 Å². The van der Waals surface area contributed by atoms with Crippen molar-refractivity contribution >= 4 is 16.9 Å². The number of hydrogen-bond acceptors (Lipinski definition) is 4. The first-order chi connectivity index (χ1) is 14.2. The Labute approximate surface area is 172 Å². The number of nitrogens with zero attached hydrogens (tertiary/aromatic N) is 2. The highest BCUT2D eigenvalue weighted by Crippen LogP contribution is 2.20. The number of hydrogen-bond donors (Lipinski definition) is 2. The van der Waals surface area contributed by atoms with E-state index in [0.29, 0.717) is 26.3 Å². The van der Waals surface area contributed by atoms with Gasteiger partial charge in [0.25, 0.3) is 0 Å². The topological polar surface area (TPSA) is 67.8 Å². The number of rotatable bonds is 8. The zero-order chi connectivity index (χ0) is 20.5. The summed E-state index contributed by atoms with van der Waals surface area (Å²) in [6.45, 7) is 4.38. The number of nitrogens with one attached hydrogen (secondary N) is 2. The van der Waals surface area contributed by atoms with Crippen molar-refractivity contribution in [3.8, 4) is 5.75 Å². The summed E-state index contributed by atoms with van der Waals surface area (Å²) in [5, 5.41) is 7.86. The predicted molar refractivity (Wildman–Crippen MR) is 117 cm³/mol. The number of pyridine rings is 1. The highest BCUT2D eigenvalue weighted by Gasteiger charge is 2.07. The summed E-state index contributed by atoms with van der Waals surface area (Å²) in [6.07, 6.45) is 1.82. The van der Waals surface area contributed by atoms with Crippen LogP contribution in [0.15, 0.2) is 59.7 Å². The highest BCUT2D eigenvalue weighted by molar-refractivity contribution is 5.83. The van der Waals surface area contributed by atoms with Crippen molar-refractivity contribution in [2.75, 3.05) is 27.4 Å². The zero-order valence-electron chi connectivity index (χ0n) is 17.2. The molecule has 1 aromatic heterocycles. The Balaban J connectivity index is 1.62. The lowest BCUT2D eigenvalue weighted by molar-refractivity contribution is 0.145. The molecule has 3 rings (SSSR count). The fourth-order valence-corrected chi connectivity index (χ4v) is 3.07. The van der Waals surface area contributed by atoms with Crippen molar-refractivity contribution in [1.29, 1.82) is 0 Å². The Bertz CT molecular complexity index is 967. The molecule has 0 fully saturated rings. The Morgan fingerprint density at radius 1 is 1.00 bits per heavy atom. The number of aryl methyl sites for hydroxylation is 1. The molecule has 152 valence electrons. The van der Waals surface area contributed by atoms with Gasteiger partial charge in [0, 0.05) is 44.4 Å². The van der Waals surface area contributed by atoms with Crippen LogP contribution in [0.5, 0.6) is 5.75 Å². The molecule has 0 aliphatic carbocycles. The van der Waals surface area contributed by atoms with E-state index in [1.807, 2.05) is 24.4 Å². The van der Waals surface area contributed by atoms with E-state index in [9.17, 15) is 0 Å². The van der Waals surface area contributed by atoms with E-state index in [-0.39, 0.29) is 0 Å². The van der Waals surface area contributed by atoms with Crippen LogP contribution in [0.3, 0.4) is 0 Å². The standard InChI is InChI=1S/C23H28N4O2/c1-17-9-10-19(21(14-17)29-13-12-28-3)15-26-23(24-2)27-16-20-7-4-6-18-8-5-11-25-22(18)20/h4-11,14H,12-13,15-16H2,1-3H3,(H2,24,26,27). The van der Waals surface area contributed by atoms with Gasteiger partial charge < -0.3 is 20.1 Å². The molecule has 0 aliphatic heterocycles. The Morgan fingerprint density at radius 2 is 1.79 bits per heavy atom. The SMILES string of the molecule is CN=C(NCc1ccc(C)cc1OCCOC)NCc1cccc2cccnc12. The lowest BCUT2D eigenvalue weighted by Crippen LogP contribution is -2.36. The fourth-order valence-electron chi connectivity index (χ4n) is 3.07. The third-order valence-electron chi connectivity index (χ3n) is 4.60. The normalized spacial score (nSPS) is 11.5. The van der Waals surface area contributed by atoms with Crippen LogP contribution in [-0.2, 0) is 17.8 Å². The third-order valence-corrected chi connectivity index (χ3v) is 4.60. The Morgan fingerprint density at radius 3 is 2.59 bits per heavy atom. The maximum absolute atomic E-state index is 5.87. The maximum Gasteiger partial charge on any atom is 0.191 e. The molecule has 0 radical (unpaired) electrons. The minimum Gasteiger partial charge on any atom is -0.491 e. The number of para-hydroxylation sites is 1. The lowest BCUT2D eigenvalue weighted by Gasteiger charge is -2.16. The summed E-state index contributed by atoms with van der Waals surface area (Å²) < 4.78 is 10.9. The second kappa shape index (κ2) is 10.4. The van der Waals surface area contributed by atoms with Gasteiger partial charge in [-0.05, 0) is 30.2 Å². The third kappa shape index (κ3) is 5.68. The second-order valence-electron chi connectivity index (χ2n) is 6.72. The van der Waals surface area contributed by atoms with Gasteiger partial charge in [0.15, 0.2) is 5.96 Å². The molecule has 0 spiro atoms. The molecule has 0 unspecified atom stereocenters. The first-order valence-corrected chi connectivity index (χ1v) is 9.69. The van der Waals surface area contributed by atoms with Gasteiger partial charge in [-0.3, -0.25) is 9.98 Å². The molecule has 0 amide bonds. The smallest absolute Gasteiger partial charge is 0.191 e. The molecular weight excluding hydrogens is 364 g/mol. The van der Waals surface area contributed by atoms with Gasteiger partial charge in [-0.1, -0.05) is 36.4 Å². The van der Waals surface area contributed by atoms with Gasteiger partial charge in [0.2, 0.25) is 0 Å². The first-order valence-electron chi connectivity index (χ1n) is 9.69. The van der Waals surface area contributed by atoms with Crippen molar-refractivity contribution in [1.82, 2.24) is 15.6 Å². The van der Waals surface area contributed by atoms with Gasteiger partial charge in [0.05, 0.1) is 12.1 Å². The molecule has 29 heavy (non-hydrogen) atoms. The average molecular weight is 393 g/mol. The molecule has 2 N–H and O–H groups in total. The number of ether oxygens (including phenoxy) is 2. The van der Waals surface area contributed by atoms with Crippen molar-refractivity contribution in [2.45, 2.75) is 20.0 Å². The van der Waals surface area contributed by atoms with Crippen LogP contribution in [0.4, 0.5) is 0 Å². The van der Waals surface area contributed by atoms with Gasteiger partial charge in [-0.2, -0.15) is 0 Å². The largest absolute Gasteiger partial charge is 0.491 e. The summed E-state index contributed by atoms with van der Waals surface area (Å²) in [4.78, 5) is 8.84. The number of guanidine groups is 1. The fraction of sp³-hybridized carbons (Fsp3) is 0.304. The molecule has 6 heteroatoms. The van der Waals surface area contributed by atoms with Crippen LogP contribution < -0.4 is 15.4 Å². The van der Waals surface area contributed by atoms with Crippen LogP contribution in [0.1, 0.15) is 16.7 Å². The molecule has 3 aromatic rings. The summed E-state index contributed by atoms with van der Waals surface area (Å²) in [7, 11) is 3.44. The lowest BCUT2D eigenvalue weighted by atomic mass is 10.1. The van der Waals surface area contributed by atoms with E-state index in [2.05, 4.69) is 57.9 Å². The van der Waals surface area contributed by atoms with Crippen LogP contribution in [0, 0.1) is 6.92 Å². The maximum atomic E-state index is 5.87. The minimum atomic E-state index is 0.522.